The molecule has 0 N–H and O–H groups in total. The monoisotopic (exact) mass is 140 g/mol. The van der Waals surface area contributed by atoms with Gasteiger partial charge in [-0.25, -0.2) is 0 Å². The van der Waals surface area contributed by atoms with Crippen LogP contribution >= 0.6 is 8.58 Å². The van der Waals surface area contributed by atoms with E-state index in [-0.39, 0.29) is 0 Å². The molecule has 0 radical (unpaired) electrons. The lowest BCUT2D eigenvalue weighted by Crippen LogP contribution is -1.76. The fourth-order valence-electron chi connectivity index (χ4n) is 0.414. The third-order valence-corrected chi connectivity index (χ3v) is 2.03. The number of nitriles is 2. The molecule has 0 saturated carbocycles. The summed E-state index contributed by atoms with van der Waals surface area (Å²) in [4.78, 5) is 0. The Kier molecular flexibility index (Phi) is 6.92. The van der Waals surface area contributed by atoms with Gasteiger partial charge in [0.2, 0.25) is 0 Å². The van der Waals surface area contributed by atoms with Crippen LogP contribution in [0.25, 0.3) is 0 Å². The molecular formula is C6H9N2P. The Balaban J connectivity index is 2.79. The summed E-state index contributed by atoms with van der Waals surface area (Å²) in [6.45, 7) is 0. The van der Waals surface area contributed by atoms with Gasteiger partial charge in [0.25, 0.3) is 0 Å². The molecule has 0 aliphatic rings. The van der Waals surface area contributed by atoms with Gasteiger partial charge in [-0.3, -0.25) is 0 Å². The number of nitrogens with zero attached hydrogens (tertiary/aromatic N) is 2. The Hall–Kier alpha value is -0.590. The molecular weight excluding hydrogens is 131 g/mol. The van der Waals surface area contributed by atoms with Crippen LogP contribution in [0.3, 0.4) is 0 Å². The summed E-state index contributed by atoms with van der Waals surface area (Å²) in [5.41, 5.74) is 0. The van der Waals surface area contributed by atoms with Crippen LogP contribution in [-0.4, -0.2) is 12.3 Å². The van der Waals surface area contributed by atoms with Crippen molar-refractivity contribution >= 4 is 8.58 Å². The van der Waals surface area contributed by atoms with Gasteiger partial charge < -0.3 is 0 Å². The van der Waals surface area contributed by atoms with Gasteiger partial charge in [0.05, 0.1) is 12.1 Å². The van der Waals surface area contributed by atoms with E-state index < -0.39 is 0 Å². The summed E-state index contributed by atoms with van der Waals surface area (Å²) in [5.74, 6) is 0. The molecule has 0 saturated heterocycles. The van der Waals surface area contributed by atoms with Crippen molar-refractivity contribution in [3.63, 3.8) is 0 Å². The molecule has 0 spiro atoms. The Morgan fingerprint density at radius 1 is 1.00 bits per heavy atom. The molecule has 0 aliphatic carbocycles. The summed E-state index contributed by atoms with van der Waals surface area (Å²) >= 11 is 0. The first-order chi connectivity index (χ1) is 4.41. The first-order valence-corrected chi connectivity index (χ1v) is 4.28. The van der Waals surface area contributed by atoms with Gasteiger partial charge >= 0.3 is 0 Å². The van der Waals surface area contributed by atoms with E-state index >= 15 is 0 Å². The van der Waals surface area contributed by atoms with Crippen molar-refractivity contribution in [3.05, 3.63) is 0 Å². The maximum absolute atomic E-state index is 8.11. The van der Waals surface area contributed by atoms with Crippen LogP contribution in [0, 0.1) is 22.7 Å². The summed E-state index contributed by atoms with van der Waals surface area (Å²) in [6, 6.07) is 4.14. The highest BCUT2D eigenvalue weighted by Gasteiger charge is 1.85. The van der Waals surface area contributed by atoms with Crippen LogP contribution in [0.1, 0.15) is 12.8 Å². The molecule has 0 fully saturated rings. The molecule has 0 bridgehead atoms. The van der Waals surface area contributed by atoms with Gasteiger partial charge in [0.15, 0.2) is 0 Å². The molecule has 0 amide bonds. The zero-order valence-electron chi connectivity index (χ0n) is 5.22. The van der Waals surface area contributed by atoms with E-state index in [0.29, 0.717) is 12.8 Å². The summed E-state index contributed by atoms with van der Waals surface area (Å²) in [5, 5.41) is 16.2. The second-order valence-corrected chi connectivity index (χ2v) is 3.07. The Morgan fingerprint density at radius 3 is 1.78 bits per heavy atom. The zero-order chi connectivity index (χ0) is 6.95. The van der Waals surface area contributed by atoms with Crippen molar-refractivity contribution in [1.82, 2.24) is 0 Å². The van der Waals surface area contributed by atoms with Gasteiger partial charge in [-0.1, -0.05) is 0 Å². The molecule has 0 aromatic carbocycles. The van der Waals surface area contributed by atoms with Gasteiger partial charge in [-0.2, -0.15) is 10.5 Å². The largest absolute Gasteiger partial charge is 0.198 e. The highest BCUT2D eigenvalue weighted by molar-refractivity contribution is 7.37. The molecule has 2 nitrogen and oxygen atoms in total. The third-order valence-electron chi connectivity index (χ3n) is 0.827. The maximum atomic E-state index is 8.11. The molecule has 0 atom stereocenters. The molecule has 0 unspecified atom stereocenters. The van der Waals surface area contributed by atoms with Crippen molar-refractivity contribution in [2.24, 2.45) is 0 Å². The SMILES string of the molecule is N#CCCPCCC#N. The summed E-state index contributed by atoms with van der Waals surface area (Å²) < 4.78 is 0. The summed E-state index contributed by atoms with van der Waals surface area (Å²) in [7, 11) is 0.801. The minimum Gasteiger partial charge on any atom is -0.198 e. The van der Waals surface area contributed by atoms with Gasteiger partial charge in [0.1, 0.15) is 0 Å². The Bertz CT molecular complexity index is 115. The fraction of sp³-hybridized carbons (Fsp3) is 0.667. The smallest absolute Gasteiger partial charge is 0.0625 e. The topological polar surface area (TPSA) is 47.6 Å². The number of hydrogen-bond donors (Lipinski definition) is 0. The highest BCUT2D eigenvalue weighted by Crippen LogP contribution is 2.11. The van der Waals surface area contributed by atoms with Crippen LogP contribution in [0.5, 0.6) is 0 Å². The third kappa shape index (κ3) is 7.41. The zero-order valence-corrected chi connectivity index (χ0v) is 6.22. The Labute approximate surface area is 57.3 Å². The van der Waals surface area contributed by atoms with E-state index in [1.165, 1.54) is 0 Å². The van der Waals surface area contributed by atoms with E-state index in [0.717, 1.165) is 20.9 Å². The van der Waals surface area contributed by atoms with Crippen molar-refractivity contribution in [2.75, 3.05) is 12.3 Å². The quantitative estimate of drug-likeness (QED) is 0.438. The van der Waals surface area contributed by atoms with Crippen LogP contribution in [-0.2, 0) is 0 Å². The summed E-state index contributed by atoms with van der Waals surface area (Å²) in [6.07, 6.45) is 3.23. The number of hydrogen-bond acceptors (Lipinski definition) is 2. The second-order valence-electron chi connectivity index (χ2n) is 1.57. The van der Waals surface area contributed by atoms with Crippen molar-refractivity contribution in [2.45, 2.75) is 12.8 Å². The minimum absolute atomic E-state index is 0.643. The molecule has 3 heteroatoms. The number of rotatable bonds is 4. The van der Waals surface area contributed by atoms with Gasteiger partial charge in [-0.05, 0) is 12.3 Å². The average Bonchev–Trinajstić information content (AvgIpc) is 1.89. The molecule has 9 heavy (non-hydrogen) atoms. The predicted molar refractivity (Wildman–Crippen MR) is 38.5 cm³/mol. The fourth-order valence-corrected chi connectivity index (χ4v) is 1.24. The first kappa shape index (κ1) is 8.41. The van der Waals surface area contributed by atoms with Gasteiger partial charge in [-0.15, -0.1) is 8.58 Å². The van der Waals surface area contributed by atoms with Crippen LogP contribution in [0.4, 0.5) is 0 Å². The van der Waals surface area contributed by atoms with Crippen molar-refractivity contribution in [1.29, 1.82) is 10.5 Å². The molecule has 0 aromatic rings. The van der Waals surface area contributed by atoms with Crippen LogP contribution in [0.15, 0.2) is 0 Å². The van der Waals surface area contributed by atoms with E-state index in [4.69, 9.17) is 10.5 Å². The van der Waals surface area contributed by atoms with Crippen LogP contribution in [0.2, 0.25) is 0 Å². The lowest BCUT2D eigenvalue weighted by atomic mass is 10.5. The first-order valence-electron chi connectivity index (χ1n) is 2.86. The standard InChI is InChI=1S/C6H9N2P/c7-3-1-5-9-6-2-4-8/h9H,1-2,5-6H2. The van der Waals surface area contributed by atoms with Crippen LogP contribution < -0.4 is 0 Å². The molecule has 48 valence electrons. The lowest BCUT2D eigenvalue weighted by molar-refractivity contribution is 1.19. The van der Waals surface area contributed by atoms with E-state index in [9.17, 15) is 0 Å². The van der Waals surface area contributed by atoms with Crippen molar-refractivity contribution < 1.29 is 0 Å². The molecule has 0 rings (SSSR count). The van der Waals surface area contributed by atoms with Crippen molar-refractivity contribution in [3.8, 4) is 12.1 Å². The lowest BCUT2D eigenvalue weighted by Gasteiger charge is -1.89. The highest BCUT2D eigenvalue weighted by atomic mass is 31.1. The minimum atomic E-state index is 0.643. The second kappa shape index (κ2) is 7.41. The Morgan fingerprint density at radius 2 is 1.44 bits per heavy atom. The van der Waals surface area contributed by atoms with Gasteiger partial charge in [0, 0.05) is 12.8 Å². The van der Waals surface area contributed by atoms with E-state index in [1.807, 2.05) is 0 Å². The average molecular weight is 140 g/mol. The molecule has 0 aromatic heterocycles. The molecule has 0 heterocycles. The predicted octanol–water partition coefficient (Wildman–Crippen LogP) is 1.49. The maximum Gasteiger partial charge on any atom is 0.0625 e. The molecule has 0 aliphatic heterocycles. The normalized spacial score (nSPS) is 7.78. The van der Waals surface area contributed by atoms with E-state index in [1.54, 1.807) is 0 Å². The van der Waals surface area contributed by atoms with E-state index in [2.05, 4.69) is 12.1 Å².